The predicted octanol–water partition coefficient (Wildman–Crippen LogP) is 3.85. The van der Waals surface area contributed by atoms with Gasteiger partial charge in [-0.1, -0.05) is 19.3 Å². The Kier molecular flexibility index (Phi) is 4.68. The van der Waals surface area contributed by atoms with Crippen LogP contribution in [0.3, 0.4) is 0 Å². The Labute approximate surface area is 148 Å². The zero-order chi connectivity index (χ0) is 17.1. The molecule has 1 fully saturated rings. The number of imidazole rings is 2. The van der Waals surface area contributed by atoms with Crippen LogP contribution < -0.4 is 0 Å². The van der Waals surface area contributed by atoms with Gasteiger partial charge >= 0.3 is 0 Å². The van der Waals surface area contributed by atoms with Gasteiger partial charge in [-0.15, -0.1) is 0 Å². The normalized spacial score (nSPS) is 15.7. The Morgan fingerprint density at radius 2 is 1.92 bits per heavy atom. The van der Waals surface area contributed by atoms with Crippen molar-refractivity contribution in [3.8, 4) is 11.3 Å². The van der Waals surface area contributed by atoms with Gasteiger partial charge in [-0.05, 0) is 26.2 Å². The highest BCUT2D eigenvalue weighted by Gasteiger charge is 2.17. The Bertz CT molecular complexity index is 805. The average molecular weight is 338 g/mol. The third-order valence-electron chi connectivity index (χ3n) is 5.28. The predicted molar refractivity (Wildman–Crippen MR) is 97.2 cm³/mol. The summed E-state index contributed by atoms with van der Waals surface area (Å²) in [5.74, 6) is 1.07. The van der Waals surface area contributed by atoms with Gasteiger partial charge in [0, 0.05) is 37.2 Å². The van der Waals surface area contributed by atoms with Crippen molar-refractivity contribution in [2.75, 3.05) is 0 Å². The summed E-state index contributed by atoms with van der Waals surface area (Å²) in [7, 11) is 0. The molecule has 3 heterocycles. The van der Waals surface area contributed by atoms with Gasteiger partial charge in [0.1, 0.15) is 5.82 Å². The van der Waals surface area contributed by atoms with Crippen LogP contribution in [0.4, 0.5) is 0 Å². The first-order valence-corrected chi connectivity index (χ1v) is 9.33. The summed E-state index contributed by atoms with van der Waals surface area (Å²) in [5, 5.41) is 4.63. The fourth-order valence-corrected chi connectivity index (χ4v) is 3.81. The number of aromatic nitrogens is 6. The molecular weight excluding hydrogens is 312 g/mol. The van der Waals surface area contributed by atoms with E-state index < -0.39 is 0 Å². The summed E-state index contributed by atoms with van der Waals surface area (Å²) in [6.45, 7) is 3.97. The molecule has 1 saturated carbocycles. The molecule has 132 valence electrons. The van der Waals surface area contributed by atoms with Crippen LogP contribution in [0.15, 0.2) is 37.3 Å². The fourth-order valence-electron chi connectivity index (χ4n) is 3.81. The lowest BCUT2D eigenvalue weighted by Gasteiger charge is -2.21. The lowest BCUT2D eigenvalue weighted by Crippen LogP contribution is -2.12. The van der Waals surface area contributed by atoms with Crippen molar-refractivity contribution in [3.63, 3.8) is 0 Å². The lowest BCUT2D eigenvalue weighted by atomic mass is 9.96. The third-order valence-corrected chi connectivity index (χ3v) is 5.28. The van der Waals surface area contributed by atoms with Gasteiger partial charge in [-0.25, -0.2) is 9.97 Å². The van der Waals surface area contributed by atoms with E-state index in [2.05, 4.69) is 35.1 Å². The molecule has 1 aliphatic rings. The lowest BCUT2D eigenvalue weighted by molar-refractivity contribution is 0.329. The van der Waals surface area contributed by atoms with Crippen molar-refractivity contribution >= 4 is 0 Å². The highest BCUT2D eigenvalue weighted by Crippen LogP contribution is 2.29. The minimum atomic E-state index is 0.572. The fraction of sp³-hybridized carbons (Fsp3) is 0.526. The molecule has 0 spiro atoms. The standard InChI is InChI=1S/C19H26N6/c1-16-21-8-11-23(16)9-5-10-24-15-20-13-19(24)17-12-22-25(14-17)18-6-3-2-4-7-18/h8,11-15,18H,2-7,9-10H2,1H3. The molecule has 0 bridgehead atoms. The van der Waals surface area contributed by atoms with Crippen molar-refractivity contribution < 1.29 is 0 Å². The molecule has 4 rings (SSSR count). The minimum absolute atomic E-state index is 0.572. The quantitative estimate of drug-likeness (QED) is 0.686. The number of rotatable bonds is 6. The summed E-state index contributed by atoms with van der Waals surface area (Å²) in [6.07, 6.45) is 19.5. The molecule has 0 amide bonds. The van der Waals surface area contributed by atoms with E-state index in [1.54, 1.807) is 0 Å². The maximum absolute atomic E-state index is 4.63. The van der Waals surface area contributed by atoms with Crippen LogP contribution in [0.5, 0.6) is 0 Å². The second kappa shape index (κ2) is 7.25. The van der Waals surface area contributed by atoms with Crippen molar-refractivity contribution in [2.24, 2.45) is 0 Å². The Balaban J connectivity index is 1.42. The number of nitrogens with zero attached hydrogens (tertiary/aromatic N) is 6. The van der Waals surface area contributed by atoms with Crippen LogP contribution in [0.1, 0.15) is 50.4 Å². The van der Waals surface area contributed by atoms with E-state index in [-0.39, 0.29) is 0 Å². The van der Waals surface area contributed by atoms with Crippen LogP contribution in [-0.2, 0) is 13.1 Å². The van der Waals surface area contributed by atoms with Crippen LogP contribution in [0, 0.1) is 6.92 Å². The van der Waals surface area contributed by atoms with Crippen molar-refractivity contribution in [2.45, 2.75) is 64.6 Å². The Morgan fingerprint density at radius 1 is 1.08 bits per heavy atom. The zero-order valence-electron chi connectivity index (χ0n) is 14.9. The second-order valence-corrected chi connectivity index (χ2v) is 6.99. The molecule has 0 N–H and O–H groups in total. The number of hydrogen-bond donors (Lipinski definition) is 0. The summed E-state index contributed by atoms with van der Waals surface area (Å²) in [5.41, 5.74) is 2.33. The molecule has 3 aromatic heterocycles. The van der Waals surface area contributed by atoms with Gasteiger partial charge in [0.05, 0.1) is 30.5 Å². The largest absolute Gasteiger partial charge is 0.335 e. The van der Waals surface area contributed by atoms with E-state index in [1.807, 2.05) is 38.0 Å². The summed E-state index contributed by atoms with van der Waals surface area (Å²) in [6, 6.07) is 0.572. The maximum Gasteiger partial charge on any atom is 0.105 e. The topological polar surface area (TPSA) is 53.5 Å². The summed E-state index contributed by atoms with van der Waals surface area (Å²) >= 11 is 0. The molecule has 6 nitrogen and oxygen atoms in total. The first kappa shape index (κ1) is 16.1. The molecule has 0 unspecified atom stereocenters. The molecular formula is C19H26N6. The van der Waals surface area contributed by atoms with E-state index in [4.69, 9.17) is 0 Å². The molecule has 6 heteroatoms. The SMILES string of the molecule is Cc1nccn1CCCn1cncc1-c1cnn(C2CCCCC2)c1. The molecule has 0 aromatic carbocycles. The molecule has 0 saturated heterocycles. The van der Waals surface area contributed by atoms with E-state index in [0.29, 0.717) is 6.04 Å². The van der Waals surface area contributed by atoms with Gasteiger partial charge < -0.3 is 9.13 Å². The van der Waals surface area contributed by atoms with Gasteiger partial charge in [0.15, 0.2) is 0 Å². The van der Waals surface area contributed by atoms with Crippen LogP contribution in [0.25, 0.3) is 11.3 Å². The maximum atomic E-state index is 4.63. The van der Waals surface area contributed by atoms with E-state index in [1.165, 1.54) is 37.7 Å². The molecule has 25 heavy (non-hydrogen) atoms. The first-order chi connectivity index (χ1) is 12.3. The molecule has 0 atom stereocenters. The van der Waals surface area contributed by atoms with Crippen LogP contribution >= 0.6 is 0 Å². The zero-order valence-corrected chi connectivity index (χ0v) is 14.9. The van der Waals surface area contributed by atoms with Crippen molar-refractivity contribution in [3.05, 3.63) is 43.1 Å². The summed E-state index contributed by atoms with van der Waals surface area (Å²) < 4.78 is 6.59. The van der Waals surface area contributed by atoms with Gasteiger partial charge in [-0.3, -0.25) is 4.68 Å². The van der Waals surface area contributed by atoms with Crippen molar-refractivity contribution in [1.29, 1.82) is 0 Å². The monoisotopic (exact) mass is 338 g/mol. The second-order valence-electron chi connectivity index (χ2n) is 6.99. The van der Waals surface area contributed by atoms with E-state index in [0.717, 1.165) is 31.0 Å². The average Bonchev–Trinajstić information content (AvgIpc) is 3.37. The Hall–Kier alpha value is -2.37. The van der Waals surface area contributed by atoms with Crippen LogP contribution in [-0.4, -0.2) is 28.9 Å². The minimum Gasteiger partial charge on any atom is -0.335 e. The third kappa shape index (κ3) is 3.52. The summed E-state index contributed by atoms with van der Waals surface area (Å²) in [4.78, 5) is 8.64. The molecule has 0 aliphatic heterocycles. The molecule has 3 aromatic rings. The number of aryl methyl sites for hydroxylation is 3. The van der Waals surface area contributed by atoms with Gasteiger partial charge in [0.2, 0.25) is 0 Å². The highest BCUT2D eigenvalue weighted by atomic mass is 15.3. The van der Waals surface area contributed by atoms with Crippen LogP contribution in [0.2, 0.25) is 0 Å². The highest BCUT2D eigenvalue weighted by molar-refractivity contribution is 5.56. The molecule has 0 radical (unpaired) electrons. The van der Waals surface area contributed by atoms with E-state index in [9.17, 15) is 0 Å². The smallest absolute Gasteiger partial charge is 0.105 e. The van der Waals surface area contributed by atoms with Crippen molar-refractivity contribution in [1.82, 2.24) is 28.9 Å². The van der Waals surface area contributed by atoms with E-state index >= 15 is 0 Å². The number of hydrogen-bond acceptors (Lipinski definition) is 3. The van der Waals surface area contributed by atoms with Gasteiger partial charge in [-0.2, -0.15) is 5.10 Å². The molecule has 1 aliphatic carbocycles. The Morgan fingerprint density at radius 3 is 2.72 bits per heavy atom. The van der Waals surface area contributed by atoms with Gasteiger partial charge in [0.25, 0.3) is 0 Å². The first-order valence-electron chi connectivity index (χ1n) is 9.33.